The van der Waals surface area contributed by atoms with Gasteiger partial charge in [0, 0.05) is 58.0 Å². The first-order chi connectivity index (χ1) is 19.3. The molecule has 0 bridgehead atoms. The van der Waals surface area contributed by atoms with E-state index in [1.54, 1.807) is 0 Å². The summed E-state index contributed by atoms with van der Waals surface area (Å²) in [5, 5.41) is 22.0. The van der Waals surface area contributed by atoms with Gasteiger partial charge in [0.15, 0.2) is 12.6 Å². The molecule has 1 heterocycles. The van der Waals surface area contributed by atoms with Crippen LogP contribution in [0.15, 0.2) is 66.9 Å². The van der Waals surface area contributed by atoms with Crippen LogP contribution in [-0.4, -0.2) is 47.0 Å². The number of methoxy groups -OCH3 is 2. The van der Waals surface area contributed by atoms with Gasteiger partial charge < -0.3 is 24.7 Å². The average Bonchev–Trinajstić information content (AvgIpc) is 2.96. The number of rotatable bonds is 5. The molecule has 0 saturated heterocycles. The number of hydrogen-bond donors (Lipinski definition) is 2. The summed E-state index contributed by atoms with van der Waals surface area (Å²) < 4.78 is 8.88. The van der Waals surface area contributed by atoms with E-state index in [9.17, 15) is 0 Å². The Morgan fingerprint density at radius 3 is 1.93 bits per heavy atom. The largest absolute Gasteiger partial charge is 0.368 e. The van der Waals surface area contributed by atoms with E-state index in [-0.39, 0.29) is 37.4 Å². The van der Waals surface area contributed by atoms with Crippen LogP contribution >= 0.6 is 0 Å². The molecule has 42 heavy (non-hydrogen) atoms. The van der Waals surface area contributed by atoms with Crippen LogP contribution in [0.2, 0.25) is 0 Å². The van der Waals surface area contributed by atoms with Crippen molar-refractivity contribution >= 4 is 32.6 Å². The molecule has 0 amide bonds. The molecule has 1 aromatic heterocycles. The van der Waals surface area contributed by atoms with E-state index in [0.717, 1.165) is 33.1 Å². The Morgan fingerprint density at radius 1 is 0.762 bits per heavy atom. The molecule has 0 aliphatic carbocycles. The van der Waals surface area contributed by atoms with Gasteiger partial charge in [-0.25, -0.2) is 0 Å². The van der Waals surface area contributed by atoms with Crippen molar-refractivity contribution < 1.29 is 39.8 Å². The SMILES string of the molecule is CC(C)(C)c1c[c-]c2c(c1)c1cc(C(C)(C)C)ccc1c1nc(-c3ccccc3)cnc21.COC(O)CC(O)OC.[Ir]. The molecule has 0 fully saturated rings. The number of aromatic nitrogens is 2. The van der Waals surface area contributed by atoms with Crippen molar-refractivity contribution in [3.63, 3.8) is 0 Å². The third kappa shape index (κ3) is 7.59. The van der Waals surface area contributed by atoms with Gasteiger partial charge in [-0.1, -0.05) is 101 Å². The maximum atomic E-state index is 8.70. The normalized spacial score (nSPS) is 13.4. The number of ether oxygens (including phenoxy) is 2. The molecule has 2 N–H and O–H groups in total. The van der Waals surface area contributed by atoms with Crippen molar-refractivity contribution in [2.75, 3.05) is 14.2 Å². The second-order valence-corrected chi connectivity index (χ2v) is 12.4. The topological polar surface area (TPSA) is 84.7 Å². The summed E-state index contributed by atoms with van der Waals surface area (Å²) in [5.41, 5.74) is 6.54. The van der Waals surface area contributed by atoms with Gasteiger partial charge >= 0.3 is 0 Å². The molecule has 2 unspecified atom stereocenters. The van der Waals surface area contributed by atoms with Gasteiger partial charge in [-0.2, -0.15) is 0 Å². The van der Waals surface area contributed by atoms with Crippen molar-refractivity contribution in [3.05, 3.63) is 84.1 Å². The fourth-order valence-corrected chi connectivity index (χ4v) is 4.65. The minimum Gasteiger partial charge on any atom is -0.368 e. The van der Waals surface area contributed by atoms with E-state index in [1.807, 2.05) is 24.4 Å². The monoisotopic (exact) mass is 746 g/mol. The first-order valence-corrected chi connectivity index (χ1v) is 13.9. The number of fused-ring (bicyclic) bond motifs is 6. The summed E-state index contributed by atoms with van der Waals surface area (Å²) in [7, 11) is 2.71. The van der Waals surface area contributed by atoms with Gasteiger partial charge in [0.05, 0.1) is 11.2 Å². The minimum atomic E-state index is -0.944. The Kier molecular flexibility index (Phi) is 11.0. The van der Waals surface area contributed by atoms with Crippen LogP contribution in [0.4, 0.5) is 0 Å². The maximum absolute atomic E-state index is 8.70. The average molecular weight is 746 g/mol. The first kappa shape index (κ1) is 33.7. The zero-order valence-corrected chi connectivity index (χ0v) is 28.0. The van der Waals surface area contributed by atoms with Gasteiger partial charge in [-0.15, -0.1) is 29.1 Å². The molecule has 0 aliphatic heterocycles. The minimum absolute atomic E-state index is 0. The van der Waals surface area contributed by atoms with Gasteiger partial charge in [0.2, 0.25) is 0 Å². The van der Waals surface area contributed by atoms with Crippen LogP contribution in [0.5, 0.6) is 0 Å². The molecule has 5 aromatic rings. The maximum Gasteiger partial charge on any atom is 0.158 e. The van der Waals surface area contributed by atoms with Crippen LogP contribution in [0.3, 0.4) is 0 Å². The second kappa shape index (κ2) is 13.7. The van der Waals surface area contributed by atoms with Crippen molar-refractivity contribution in [1.29, 1.82) is 0 Å². The fraction of sp³-hybridized carbons (Fsp3) is 0.371. The summed E-state index contributed by atoms with van der Waals surface area (Å²) >= 11 is 0. The summed E-state index contributed by atoms with van der Waals surface area (Å²) in [4.78, 5) is 10.0. The molecular formula is C35H41IrN2O4-. The molecule has 6 nitrogen and oxygen atoms in total. The Labute approximate surface area is 262 Å². The Bertz CT molecular complexity index is 1630. The van der Waals surface area contributed by atoms with E-state index < -0.39 is 12.6 Å². The Morgan fingerprint density at radius 2 is 1.36 bits per heavy atom. The van der Waals surface area contributed by atoms with Crippen molar-refractivity contribution in [3.8, 4) is 11.3 Å². The van der Waals surface area contributed by atoms with Crippen molar-refractivity contribution in [2.24, 2.45) is 0 Å². The number of benzene rings is 4. The van der Waals surface area contributed by atoms with Crippen LogP contribution < -0.4 is 0 Å². The molecule has 7 heteroatoms. The second-order valence-electron chi connectivity index (χ2n) is 12.4. The molecule has 2 atom stereocenters. The standard InChI is InChI=1S/C30H29N2.C5H12O4.Ir/c1-29(2,3)20-12-14-22-24(16-20)25-17-21(30(4,5)6)13-15-23(25)28-27(22)31-18-26(32-28)19-10-8-7-9-11-19;1-8-4(6)3-5(7)9-2;/h7-13,15-18H,1-6H3;4-7H,3H2,1-2H3;/q-1;;. The molecule has 225 valence electrons. The summed E-state index contributed by atoms with van der Waals surface area (Å²) in [6.07, 6.45) is 0.0743. The summed E-state index contributed by atoms with van der Waals surface area (Å²) in [5.74, 6) is 0. The molecule has 5 rings (SSSR count). The quantitative estimate of drug-likeness (QED) is 0.112. The molecular weight excluding hydrogens is 705 g/mol. The number of aliphatic hydroxyl groups is 2. The molecule has 4 aromatic carbocycles. The van der Waals surface area contributed by atoms with Crippen LogP contribution in [0.25, 0.3) is 43.8 Å². The number of aliphatic hydroxyl groups excluding tert-OH is 2. The third-order valence-electron chi connectivity index (χ3n) is 7.26. The zero-order valence-electron chi connectivity index (χ0n) is 25.7. The molecule has 1 radical (unpaired) electrons. The summed E-state index contributed by atoms with van der Waals surface area (Å²) in [6, 6.07) is 25.1. The zero-order chi connectivity index (χ0) is 29.9. The first-order valence-electron chi connectivity index (χ1n) is 13.9. The molecule has 0 saturated carbocycles. The van der Waals surface area contributed by atoms with Crippen LogP contribution in [0, 0.1) is 6.07 Å². The van der Waals surface area contributed by atoms with Crippen LogP contribution in [0.1, 0.15) is 59.1 Å². The summed E-state index contributed by atoms with van der Waals surface area (Å²) in [6.45, 7) is 13.5. The number of hydrogen-bond acceptors (Lipinski definition) is 6. The van der Waals surface area contributed by atoms with E-state index in [2.05, 4.69) is 99.5 Å². The molecule has 0 spiro atoms. The van der Waals surface area contributed by atoms with Gasteiger partial charge in [0.25, 0.3) is 0 Å². The van der Waals surface area contributed by atoms with E-state index in [4.69, 9.17) is 20.2 Å². The van der Waals surface area contributed by atoms with E-state index >= 15 is 0 Å². The Balaban J connectivity index is 0.000000423. The smallest absolute Gasteiger partial charge is 0.158 e. The van der Waals surface area contributed by atoms with Gasteiger partial charge in [-0.05, 0) is 21.8 Å². The van der Waals surface area contributed by atoms with Gasteiger partial charge in [0.1, 0.15) is 0 Å². The van der Waals surface area contributed by atoms with Crippen molar-refractivity contribution in [1.82, 2.24) is 9.97 Å². The van der Waals surface area contributed by atoms with E-state index in [0.29, 0.717) is 0 Å². The van der Waals surface area contributed by atoms with E-state index in [1.165, 1.54) is 36.1 Å². The van der Waals surface area contributed by atoms with Crippen LogP contribution in [-0.2, 0) is 40.4 Å². The molecule has 0 aliphatic rings. The predicted octanol–water partition coefficient (Wildman–Crippen LogP) is 7.30. The predicted molar refractivity (Wildman–Crippen MR) is 167 cm³/mol. The fourth-order valence-electron chi connectivity index (χ4n) is 4.65. The van der Waals surface area contributed by atoms with Crippen molar-refractivity contribution in [2.45, 2.75) is 71.4 Å². The number of nitrogens with zero attached hydrogens (tertiary/aromatic N) is 2. The Hall–Kier alpha value is -2.77. The van der Waals surface area contributed by atoms with Gasteiger partial charge in [-0.3, -0.25) is 4.98 Å². The third-order valence-corrected chi connectivity index (χ3v) is 7.26.